The van der Waals surface area contributed by atoms with Crippen molar-refractivity contribution in [1.29, 1.82) is 0 Å². The van der Waals surface area contributed by atoms with Crippen LogP contribution in [0.3, 0.4) is 0 Å². The Morgan fingerprint density at radius 2 is 1.69 bits per heavy atom. The van der Waals surface area contributed by atoms with Gasteiger partial charge in [0.1, 0.15) is 12.1 Å². The van der Waals surface area contributed by atoms with E-state index in [1.165, 1.54) is 11.1 Å². The van der Waals surface area contributed by atoms with Crippen molar-refractivity contribution in [3.63, 3.8) is 0 Å². The second kappa shape index (κ2) is 12.8. The Hall–Kier alpha value is -3.53. The Morgan fingerprint density at radius 3 is 2.29 bits per heavy atom. The largest absolute Gasteiger partial charge is 0.444 e. The van der Waals surface area contributed by atoms with E-state index in [9.17, 15) is 14.4 Å². The predicted octanol–water partition coefficient (Wildman–Crippen LogP) is 2.88. The van der Waals surface area contributed by atoms with Crippen LogP contribution < -0.4 is 5.32 Å². The van der Waals surface area contributed by atoms with E-state index in [0.717, 1.165) is 0 Å². The fourth-order valence-electron chi connectivity index (χ4n) is 3.09. The maximum absolute atomic E-state index is 13.0. The van der Waals surface area contributed by atoms with Gasteiger partial charge in [-0.25, -0.2) is 4.79 Å². The van der Waals surface area contributed by atoms with Gasteiger partial charge in [-0.15, -0.1) is 0 Å². The van der Waals surface area contributed by atoms with Crippen LogP contribution in [0.25, 0.3) is 0 Å². The van der Waals surface area contributed by atoms with Gasteiger partial charge >= 0.3 is 6.09 Å². The highest BCUT2D eigenvalue weighted by atomic mass is 16.6. The lowest BCUT2D eigenvalue weighted by Crippen LogP contribution is -2.46. The van der Waals surface area contributed by atoms with Crippen LogP contribution in [0.15, 0.2) is 42.9 Å². The van der Waals surface area contributed by atoms with Crippen LogP contribution in [-0.4, -0.2) is 88.5 Å². The van der Waals surface area contributed by atoms with Crippen LogP contribution in [0, 0.1) is 0 Å². The monoisotopic (exact) mass is 484 g/mol. The van der Waals surface area contributed by atoms with Crippen molar-refractivity contribution in [1.82, 2.24) is 24.7 Å². The minimum absolute atomic E-state index is 0.0161. The lowest BCUT2D eigenvalue weighted by atomic mass is 10.2. The number of pyridine rings is 2. The van der Waals surface area contributed by atoms with Gasteiger partial charge in [-0.1, -0.05) is 0 Å². The second-order valence-electron chi connectivity index (χ2n) is 9.34. The van der Waals surface area contributed by atoms with Crippen LogP contribution in [0.5, 0.6) is 0 Å². The predicted molar refractivity (Wildman–Crippen MR) is 134 cm³/mol. The number of carbonyl (C=O) groups is 3. The summed E-state index contributed by atoms with van der Waals surface area (Å²) in [5.41, 5.74) is 0.723. The van der Waals surface area contributed by atoms with Gasteiger partial charge in [0.25, 0.3) is 5.91 Å². The molecule has 1 N–H and O–H groups in total. The lowest BCUT2D eigenvalue weighted by molar-refractivity contribution is -0.132. The molecule has 0 saturated heterocycles. The lowest BCUT2D eigenvalue weighted by Gasteiger charge is -2.29. The zero-order chi connectivity index (χ0) is 26.0. The first kappa shape index (κ1) is 27.7. The Morgan fingerprint density at radius 1 is 1.00 bits per heavy atom. The molecule has 35 heavy (non-hydrogen) atoms. The van der Waals surface area contributed by atoms with E-state index in [1.807, 2.05) is 25.9 Å². The molecule has 0 fully saturated rings. The van der Waals surface area contributed by atoms with Crippen molar-refractivity contribution in [3.05, 3.63) is 54.1 Å². The average Bonchev–Trinajstić information content (AvgIpc) is 2.78. The number of hydrogen-bond donors (Lipinski definition) is 1. The van der Waals surface area contributed by atoms with Crippen LogP contribution in [0.2, 0.25) is 0 Å². The van der Waals surface area contributed by atoms with Crippen LogP contribution in [0.4, 0.5) is 10.5 Å². The van der Waals surface area contributed by atoms with E-state index in [2.05, 4.69) is 15.3 Å². The maximum atomic E-state index is 13.0. The molecule has 2 rings (SSSR count). The normalized spacial score (nSPS) is 11.2. The molecule has 190 valence electrons. The van der Waals surface area contributed by atoms with Gasteiger partial charge in [-0.3, -0.25) is 24.5 Å². The number of anilines is 1. The molecular formula is C25H36N6O4. The Labute approximate surface area is 207 Å². The van der Waals surface area contributed by atoms with Gasteiger partial charge in [0.2, 0.25) is 5.91 Å². The highest BCUT2D eigenvalue weighted by molar-refractivity contribution is 6.04. The van der Waals surface area contributed by atoms with E-state index in [4.69, 9.17) is 4.74 Å². The van der Waals surface area contributed by atoms with E-state index < -0.39 is 11.7 Å². The number of rotatable bonds is 10. The molecule has 3 amide bonds. The minimum Gasteiger partial charge on any atom is -0.444 e. The standard InChI is InChI=1S/C25H36N6O4/c1-7-30(15-14-29(5)6)22(32)18-31(24(34)35-25(2,3)4)17-21-16-19(8-13-27-21)23(33)28-20-9-11-26-12-10-20/h8-13,16H,7,14-15,17-18H2,1-6H3,(H,26,28,33). The second-order valence-corrected chi connectivity index (χ2v) is 9.34. The Bertz CT molecular complexity index is 991. The van der Waals surface area contributed by atoms with Gasteiger partial charge in [0.05, 0.1) is 12.2 Å². The third-order valence-electron chi connectivity index (χ3n) is 4.90. The van der Waals surface area contributed by atoms with Crippen LogP contribution >= 0.6 is 0 Å². The molecule has 0 aromatic carbocycles. The summed E-state index contributed by atoms with van der Waals surface area (Å²) >= 11 is 0. The van der Waals surface area contributed by atoms with Crippen molar-refractivity contribution in [3.8, 4) is 0 Å². The summed E-state index contributed by atoms with van der Waals surface area (Å²) in [7, 11) is 3.88. The van der Waals surface area contributed by atoms with Crippen LogP contribution in [0.1, 0.15) is 43.7 Å². The Balaban J connectivity index is 2.19. The zero-order valence-corrected chi connectivity index (χ0v) is 21.4. The van der Waals surface area contributed by atoms with Crippen molar-refractivity contribution in [2.24, 2.45) is 0 Å². The summed E-state index contributed by atoms with van der Waals surface area (Å²) in [6, 6.07) is 6.56. The number of likely N-dealkylation sites (N-methyl/N-ethyl adjacent to an activating group) is 2. The first-order chi connectivity index (χ1) is 16.5. The van der Waals surface area contributed by atoms with E-state index in [-0.39, 0.29) is 24.9 Å². The van der Waals surface area contributed by atoms with E-state index >= 15 is 0 Å². The molecule has 0 aliphatic carbocycles. The topological polar surface area (TPSA) is 108 Å². The zero-order valence-electron chi connectivity index (χ0n) is 21.4. The number of aromatic nitrogens is 2. The fraction of sp³-hybridized carbons (Fsp3) is 0.480. The number of nitrogens with zero attached hydrogens (tertiary/aromatic N) is 5. The van der Waals surface area contributed by atoms with Crippen molar-refractivity contribution < 1.29 is 19.1 Å². The highest BCUT2D eigenvalue weighted by Gasteiger charge is 2.26. The summed E-state index contributed by atoms with van der Waals surface area (Å²) in [6.45, 7) is 8.84. The summed E-state index contributed by atoms with van der Waals surface area (Å²) in [5, 5.41) is 2.79. The molecule has 10 heteroatoms. The summed E-state index contributed by atoms with van der Waals surface area (Å²) in [6.07, 6.45) is 4.05. The van der Waals surface area contributed by atoms with E-state index in [0.29, 0.717) is 36.6 Å². The Kier molecular flexibility index (Phi) is 10.1. The average molecular weight is 485 g/mol. The molecule has 10 nitrogen and oxygen atoms in total. The summed E-state index contributed by atoms with van der Waals surface area (Å²) in [4.78, 5) is 51.9. The molecule has 2 heterocycles. The third kappa shape index (κ3) is 9.70. The first-order valence-corrected chi connectivity index (χ1v) is 11.5. The molecule has 0 unspecified atom stereocenters. The van der Waals surface area contributed by atoms with Crippen LogP contribution in [-0.2, 0) is 16.1 Å². The van der Waals surface area contributed by atoms with Crippen molar-refractivity contribution in [2.45, 2.75) is 39.8 Å². The number of carbonyl (C=O) groups excluding carboxylic acids is 3. The number of amides is 3. The molecule has 2 aromatic heterocycles. The smallest absolute Gasteiger partial charge is 0.411 e. The number of ether oxygens (including phenoxy) is 1. The molecule has 0 aliphatic heterocycles. The van der Waals surface area contributed by atoms with E-state index in [1.54, 1.807) is 62.3 Å². The molecule has 2 aromatic rings. The molecular weight excluding hydrogens is 448 g/mol. The number of hydrogen-bond acceptors (Lipinski definition) is 7. The molecule has 0 bridgehead atoms. The van der Waals surface area contributed by atoms with Gasteiger partial charge < -0.3 is 19.9 Å². The van der Waals surface area contributed by atoms with Crippen molar-refractivity contribution >= 4 is 23.6 Å². The van der Waals surface area contributed by atoms with Gasteiger partial charge in [0, 0.05) is 49.5 Å². The molecule has 0 atom stereocenters. The fourth-order valence-corrected chi connectivity index (χ4v) is 3.09. The molecule has 0 aliphatic rings. The quantitative estimate of drug-likeness (QED) is 0.552. The highest BCUT2D eigenvalue weighted by Crippen LogP contribution is 2.14. The van der Waals surface area contributed by atoms with Gasteiger partial charge in [0.15, 0.2) is 0 Å². The first-order valence-electron chi connectivity index (χ1n) is 11.5. The van der Waals surface area contributed by atoms with Gasteiger partial charge in [-0.05, 0) is 66.1 Å². The summed E-state index contributed by atoms with van der Waals surface area (Å²) < 4.78 is 5.54. The third-order valence-corrected chi connectivity index (χ3v) is 4.90. The summed E-state index contributed by atoms with van der Waals surface area (Å²) in [5.74, 6) is -0.507. The van der Waals surface area contributed by atoms with Crippen molar-refractivity contribution in [2.75, 3.05) is 45.6 Å². The molecule has 0 radical (unpaired) electrons. The SMILES string of the molecule is CCN(CCN(C)C)C(=O)CN(Cc1cc(C(=O)Nc2ccncc2)ccn1)C(=O)OC(C)(C)C. The number of nitrogens with one attached hydrogen (secondary N) is 1. The van der Waals surface area contributed by atoms with Gasteiger partial charge in [-0.2, -0.15) is 0 Å². The molecule has 0 spiro atoms. The minimum atomic E-state index is -0.729. The maximum Gasteiger partial charge on any atom is 0.411 e. The molecule has 0 saturated carbocycles.